The number of aryl methyl sites for hydroxylation is 2. The summed E-state index contributed by atoms with van der Waals surface area (Å²) in [7, 11) is 0. The van der Waals surface area contributed by atoms with Crippen LogP contribution in [0, 0.1) is 5.92 Å². The van der Waals surface area contributed by atoms with E-state index >= 15 is 0 Å². The third kappa shape index (κ3) is 4.33. The van der Waals surface area contributed by atoms with E-state index in [2.05, 4.69) is 27.0 Å². The van der Waals surface area contributed by atoms with Gasteiger partial charge >= 0.3 is 0 Å². The van der Waals surface area contributed by atoms with Crippen LogP contribution in [0.2, 0.25) is 0 Å². The van der Waals surface area contributed by atoms with Crippen LogP contribution in [0.4, 0.5) is 5.69 Å². The molecule has 0 radical (unpaired) electrons. The molecular weight excluding hydrogens is 366 g/mol. The number of fused-ring (bicyclic) bond motifs is 1. The van der Waals surface area contributed by atoms with Gasteiger partial charge in [-0.1, -0.05) is 25.5 Å². The Labute approximate surface area is 171 Å². The number of aromatic nitrogens is 3. The van der Waals surface area contributed by atoms with Crippen LogP contribution in [0.1, 0.15) is 49.8 Å². The first-order valence-corrected chi connectivity index (χ1v) is 10.7. The average Bonchev–Trinajstić information content (AvgIpc) is 3.23. The second-order valence-corrected chi connectivity index (χ2v) is 7.96. The van der Waals surface area contributed by atoms with Gasteiger partial charge in [0, 0.05) is 44.6 Å². The Hall–Kier alpha value is -2.70. The first kappa shape index (κ1) is 19.6. The Bertz CT molecular complexity index is 874. The monoisotopic (exact) mass is 395 g/mol. The fourth-order valence-corrected chi connectivity index (χ4v) is 4.22. The standard InChI is InChI=1S/C22H29N5O2/c1-2-16-7-9-18(10-8-16)27-15-17(14-21(27)28)22(29)23-12-11-20-25-24-19-6-4-3-5-13-26(19)20/h7-10,17H,2-6,11-15H2,1H3,(H,23,29). The lowest BCUT2D eigenvalue weighted by atomic mass is 10.1. The number of nitrogens with one attached hydrogen (secondary N) is 1. The van der Waals surface area contributed by atoms with E-state index in [-0.39, 0.29) is 24.2 Å². The molecule has 29 heavy (non-hydrogen) atoms. The highest BCUT2D eigenvalue weighted by Crippen LogP contribution is 2.25. The van der Waals surface area contributed by atoms with E-state index in [1.54, 1.807) is 4.90 Å². The molecule has 1 aromatic heterocycles. The minimum Gasteiger partial charge on any atom is -0.355 e. The Morgan fingerprint density at radius 1 is 1.17 bits per heavy atom. The molecule has 0 spiro atoms. The summed E-state index contributed by atoms with van der Waals surface area (Å²) in [5, 5.41) is 11.6. The third-order valence-corrected chi connectivity index (χ3v) is 5.99. The lowest BCUT2D eigenvalue weighted by Crippen LogP contribution is -2.34. The van der Waals surface area contributed by atoms with Crippen molar-refractivity contribution in [3.05, 3.63) is 41.5 Å². The van der Waals surface area contributed by atoms with Crippen LogP contribution in [-0.2, 0) is 35.4 Å². The molecule has 1 N–H and O–H groups in total. The van der Waals surface area contributed by atoms with Crippen LogP contribution < -0.4 is 10.2 Å². The highest BCUT2D eigenvalue weighted by Gasteiger charge is 2.35. The van der Waals surface area contributed by atoms with E-state index in [0.717, 1.165) is 43.1 Å². The number of amides is 2. The minimum absolute atomic E-state index is 0.0113. The SMILES string of the molecule is CCc1ccc(N2CC(C(=O)NCCc3nnc4n3CCCCC4)CC2=O)cc1. The third-order valence-electron chi connectivity index (χ3n) is 5.99. The van der Waals surface area contributed by atoms with E-state index in [4.69, 9.17) is 0 Å². The van der Waals surface area contributed by atoms with Gasteiger partial charge in [0.15, 0.2) is 0 Å². The van der Waals surface area contributed by atoms with Crippen molar-refractivity contribution in [2.24, 2.45) is 5.92 Å². The van der Waals surface area contributed by atoms with E-state index in [1.807, 2.05) is 24.3 Å². The molecule has 1 fully saturated rings. The summed E-state index contributed by atoms with van der Waals surface area (Å²) in [5.74, 6) is 1.67. The summed E-state index contributed by atoms with van der Waals surface area (Å²) in [4.78, 5) is 26.8. The van der Waals surface area contributed by atoms with Gasteiger partial charge in [-0.25, -0.2) is 0 Å². The molecule has 0 saturated carbocycles. The van der Waals surface area contributed by atoms with E-state index in [0.29, 0.717) is 19.5 Å². The van der Waals surface area contributed by atoms with Crippen molar-refractivity contribution in [1.82, 2.24) is 20.1 Å². The summed E-state index contributed by atoms with van der Waals surface area (Å²) in [5.41, 5.74) is 2.11. The maximum absolute atomic E-state index is 12.6. The van der Waals surface area contributed by atoms with Gasteiger partial charge < -0.3 is 14.8 Å². The summed E-state index contributed by atoms with van der Waals surface area (Å²) < 4.78 is 2.21. The van der Waals surface area contributed by atoms with E-state index in [1.165, 1.54) is 18.4 Å². The molecule has 1 atom stereocenters. The van der Waals surface area contributed by atoms with Gasteiger partial charge in [-0.05, 0) is 37.0 Å². The van der Waals surface area contributed by atoms with Gasteiger partial charge in [0.2, 0.25) is 11.8 Å². The molecule has 2 aromatic rings. The van der Waals surface area contributed by atoms with Crippen molar-refractivity contribution in [3.8, 4) is 0 Å². The number of rotatable bonds is 6. The second kappa shape index (κ2) is 8.76. The molecule has 1 saturated heterocycles. The van der Waals surface area contributed by atoms with Crippen LogP contribution in [0.25, 0.3) is 0 Å². The number of hydrogen-bond donors (Lipinski definition) is 1. The zero-order valence-corrected chi connectivity index (χ0v) is 17.1. The molecule has 154 valence electrons. The van der Waals surface area contributed by atoms with Gasteiger partial charge in [0.25, 0.3) is 0 Å². The normalized spacial score (nSPS) is 19.1. The number of hydrogen-bond acceptors (Lipinski definition) is 4. The highest BCUT2D eigenvalue weighted by molar-refractivity contribution is 6.00. The maximum atomic E-state index is 12.6. The van der Waals surface area contributed by atoms with Crippen molar-refractivity contribution < 1.29 is 9.59 Å². The fourth-order valence-electron chi connectivity index (χ4n) is 4.22. The molecule has 7 nitrogen and oxygen atoms in total. The maximum Gasteiger partial charge on any atom is 0.227 e. The Kier molecular flexibility index (Phi) is 5.92. The summed E-state index contributed by atoms with van der Waals surface area (Å²) in [6, 6.07) is 8.01. The molecule has 1 aromatic carbocycles. The van der Waals surface area contributed by atoms with Crippen molar-refractivity contribution >= 4 is 17.5 Å². The molecule has 2 aliphatic heterocycles. The number of carbonyl (C=O) groups is 2. The number of benzene rings is 1. The van der Waals surface area contributed by atoms with Crippen LogP contribution >= 0.6 is 0 Å². The zero-order valence-electron chi connectivity index (χ0n) is 17.1. The predicted molar refractivity (Wildman–Crippen MR) is 111 cm³/mol. The van der Waals surface area contributed by atoms with Crippen LogP contribution in [0.5, 0.6) is 0 Å². The van der Waals surface area contributed by atoms with Crippen LogP contribution in [-0.4, -0.2) is 39.7 Å². The zero-order chi connectivity index (χ0) is 20.2. The molecule has 4 rings (SSSR count). The van der Waals surface area contributed by atoms with Crippen molar-refractivity contribution in [2.75, 3.05) is 18.0 Å². The quantitative estimate of drug-likeness (QED) is 0.814. The second-order valence-electron chi connectivity index (χ2n) is 7.96. The molecule has 1 unspecified atom stereocenters. The first-order valence-electron chi connectivity index (χ1n) is 10.7. The molecule has 0 aliphatic carbocycles. The summed E-state index contributed by atoms with van der Waals surface area (Å²) >= 11 is 0. The lowest BCUT2D eigenvalue weighted by molar-refractivity contribution is -0.126. The smallest absolute Gasteiger partial charge is 0.227 e. The predicted octanol–water partition coefficient (Wildman–Crippen LogP) is 2.28. The van der Waals surface area contributed by atoms with Gasteiger partial charge in [0.1, 0.15) is 11.6 Å². The number of anilines is 1. The van der Waals surface area contributed by atoms with Gasteiger partial charge in [-0.2, -0.15) is 0 Å². The minimum atomic E-state index is -0.302. The van der Waals surface area contributed by atoms with E-state index < -0.39 is 0 Å². The van der Waals surface area contributed by atoms with Gasteiger partial charge in [0.05, 0.1) is 5.92 Å². The average molecular weight is 396 g/mol. The van der Waals surface area contributed by atoms with Crippen molar-refractivity contribution in [3.63, 3.8) is 0 Å². The van der Waals surface area contributed by atoms with Crippen molar-refractivity contribution in [1.29, 1.82) is 0 Å². The van der Waals surface area contributed by atoms with Gasteiger partial charge in [-0.15, -0.1) is 10.2 Å². The molecule has 2 aliphatic rings. The van der Waals surface area contributed by atoms with E-state index in [9.17, 15) is 9.59 Å². The first-order chi connectivity index (χ1) is 14.2. The van der Waals surface area contributed by atoms with Crippen molar-refractivity contribution in [2.45, 2.75) is 58.4 Å². The summed E-state index contributed by atoms with van der Waals surface area (Å²) in [6.07, 6.45) is 6.44. The summed E-state index contributed by atoms with van der Waals surface area (Å²) in [6.45, 7) is 4.03. The van der Waals surface area contributed by atoms with Crippen LogP contribution in [0.3, 0.4) is 0 Å². The largest absolute Gasteiger partial charge is 0.355 e. The van der Waals surface area contributed by atoms with Crippen LogP contribution in [0.15, 0.2) is 24.3 Å². The fraction of sp³-hybridized carbons (Fsp3) is 0.545. The lowest BCUT2D eigenvalue weighted by Gasteiger charge is -2.17. The van der Waals surface area contributed by atoms with Gasteiger partial charge in [-0.3, -0.25) is 9.59 Å². The molecule has 3 heterocycles. The Morgan fingerprint density at radius 2 is 2.00 bits per heavy atom. The topological polar surface area (TPSA) is 80.1 Å². The molecule has 2 amide bonds. The number of nitrogens with zero attached hydrogens (tertiary/aromatic N) is 4. The number of carbonyl (C=O) groups excluding carboxylic acids is 2. The highest BCUT2D eigenvalue weighted by atomic mass is 16.2. The molecule has 0 bridgehead atoms. The Balaban J connectivity index is 1.30. The Morgan fingerprint density at radius 3 is 2.79 bits per heavy atom. The molecular formula is C22H29N5O2. The molecule has 7 heteroatoms.